The summed E-state index contributed by atoms with van der Waals surface area (Å²) in [5.41, 5.74) is 1.22. The maximum Gasteiger partial charge on any atom is 0.277 e. The number of nitrogens with one attached hydrogen (secondary N) is 1. The van der Waals surface area contributed by atoms with Crippen molar-refractivity contribution in [1.29, 1.82) is 0 Å². The Balaban J connectivity index is 2.20. The first-order valence-corrected chi connectivity index (χ1v) is 4.99. The monoisotopic (exact) mass is 214 g/mol. The molecule has 1 aromatic heterocycles. The number of rotatable bonds is 0. The lowest BCUT2D eigenvalue weighted by Crippen LogP contribution is -2.21. The molecule has 4 heteroatoms. The summed E-state index contributed by atoms with van der Waals surface area (Å²) < 4.78 is 7.15. The summed E-state index contributed by atoms with van der Waals surface area (Å²) in [6.45, 7) is 0. The van der Waals surface area contributed by atoms with Gasteiger partial charge in [-0.3, -0.25) is 4.79 Å². The molecule has 2 aromatic rings. The number of nitrogens with zero attached hydrogens (tertiary/aromatic N) is 1. The van der Waals surface area contributed by atoms with Gasteiger partial charge in [0.05, 0.1) is 5.69 Å². The molecule has 16 heavy (non-hydrogen) atoms. The van der Waals surface area contributed by atoms with E-state index in [1.807, 2.05) is 24.3 Å². The zero-order valence-electron chi connectivity index (χ0n) is 8.73. The second-order valence-electron chi connectivity index (χ2n) is 3.69. The topological polar surface area (TPSA) is 43.3 Å². The predicted octanol–water partition coefficient (Wildman–Crippen LogP) is 2.23. The molecule has 0 bridgehead atoms. The van der Waals surface area contributed by atoms with Gasteiger partial charge in [0.25, 0.3) is 5.56 Å². The molecular formula is C12H10N2O2. The molecule has 0 unspecified atom stereocenters. The Morgan fingerprint density at radius 1 is 1.19 bits per heavy atom. The molecule has 4 nitrogen and oxygen atoms in total. The maximum absolute atomic E-state index is 11.8. The van der Waals surface area contributed by atoms with Gasteiger partial charge in [-0.25, -0.2) is 0 Å². The molecule has 2 heterocycles. The standard InChI is InChI=1S/C12H10N2O2/c1-14-7-6-10-11(12(14)15)13-8-4-2-3-5-9(8)16-10/h2-7,13H,1H3. The number of ether oxygens (including phenoxy) is 1. The van der Waals surface area contributed by atoms with Crippen LogP contribution in [-0.2, 0) is 7.05 Å². The fourth-order valence-electron chi connectivity index (χ4n) is 1.72. The molecule has 1 aliphatic rings. The average Bonchev–Trinajstić information content (AvgIpc) is 2.32. The van der Waals surface area contributed by atoms with Crippen molar-refractivity contribution >= 4 is 11.4 Å². The van der Waals surface area contributed by atoms with Gasteiger partial charge in [0, 0.05) is 13.2 Å². The number of pyridine rings is 1. The van der Waals surface area contributed by atoms with E-state index in [0.717, 1.165) is 11.4 Å². The van der Waals surface area contributed by atoms with E-state index < -0.39 is 0 Å². The minimum Gasteiger partial charge on any atom is -0.453 e. The molecule has 0 atom stereocenters. The van der Waals surface area contributed by atoms with Crippen molar-refractivity contribution in [2.45, 2.75) is 0 Å². The third-order valence-electron chi connectivity index (χ3n) is 2.60. The van der Waals surface area contributed by atoms with Crippen molar-refractivity contribution in [1.82, 2.24) is 4.57 Å². The van der Waals surface area contributed by atoms with Gasteiger partial charge in [0.1, 0.15) is 5.69 Å². The third kappa shape index (κ3) is 1.20. The first kappa shape index (κ1) is 9.03. The van der Waals surface area contributed by atoms with Gasteiger partial charge < -0.3 is 14.6 Å². The van der Waals surface area contributed by atoms with Gasteiger partial charge in [0.15, 0.2) is 11.5 Å². The van der Waals surface area contributed by atoms with Crippen LogP contribution in [0.1, 0.15) is 0 Å². The lowest BCUT2D eigenvalue weighted by molar-refractivity contribution is 0.478. The van der Waals surface area contributed by atoms with Crippen molar-refractivity contribution < 1.29 is 4.74 Å². The summed E-state index contributed by atoms with van der Waals surface area (Å²) in [6.07, 6.45) is 1.69. The van der Waals surface area contributed by atoms with E-state index in [1.165, 1.54) is 4.57 Å². The highest BCUT2D eigenvalue weighted by atomic mass is 16.5. The number of para-hydroxylation sites is 2. The molecular weight excluding hydrogens is 204 g/mol. The first-order chi connectivity index (χ1) is 7.75. The number of anilines is 2. The molecule has 0 amide bonds. The summed E-state index contributed by atoms with van der Waals surface area (Å²) in [4.78, 5) is 11.8. The van der Waals surface area contributed by atoms with E-state index in [-0.39, 0.29) is 5.56 Å². The highest BCUT2D eigenvalue weighted by Crippen LogP contribution is 2.39. The summed E-state index contributed by atoms with van der Waals surface area (Å²) in [5.74, 6) is 1.31. The van der Waals surface area contributed by atoms with E-state index >= 15 is 0 Å². The molecule has 80 valence electrons. The minimum absolute atomic E-state index is 0.0907. The van der Waals surface area contributed by atoms with Crippen LogP contribution in [0.4, 0.5) is 11.4 Å². The summed E-state index contributed by atoms with van der Waals surface area (Å²) in [6, 6.07) is 9.31. The first-order valence-electron chi connectivity index (χ1n) is 4.99. The molecule has 3 rings (SSSR count). The third-order valence-corrected chi connectivity index (χ3v) is 2.60. The number of benzene rings is 1. The Hall–Kier alpha value is -2.23. The number of hydrogen-bond acceptors (Lipinski definition) is 3. The lowest BCUT2D eigenvalue weighted by atomic mass is 10.2. The zero-order chi connectivity index (χ0) is 11.1. The van der Waals surface area contributed by atoms with Crippen LogP contribution in [0, 0.1) is 0 Å². The van der Waals surface area contributed by atoms with Crippen molar-refractivity contribution in [3.05, 3.63) is 46.9 Å². The van der Waals surface area contributed by atoms with E-state index in [9.17, 15) is 4.79 Å². The molecule has 0 aliphatic carbocycles. The molecule has 0 radical (unpaired) electrons. The van der Waals surface area contributed by atoms with Crippen LogP contribution in [0.2, 0.25) is 0 Å². The normalized spacial score (nSPS) is 12.1. The highest BCUT2D eigenvalue weighted by Gasteiger charge is 2.18. The molecule has 0 saturated carbocycles. The second-order valence-corrected chi connectivity index (χ2v) is 3.69. The van der Waals surface area contributed by atoms with Crippen LogP contribution in [0.25, 0.3) is 0 Å². The maximum atomic E-state index is 11.8. The Morgan fingerprint density at radius 3 is 2.88 bits per heavy atom. The molecule has 1 aromatic carbocycles. The number of hydrogen-bond donors (Lipinski definition) is 1. The van der Waals surface area contributed by atoms with Crippen LogP contribution in [0.5, 0.6) is 11.5 Å². The Morgan fingerprint density at radius 2 is 2.00 bits per heavy atom. The predicted molar refractivity (Wildman–Crippen MR) is 61.5 cm³/mol. The Labute approximate surface area is 92.1 Å². The van der Waals surface area contributed by atoms with E-state index in [0.29, 0.717) is 11.4 Å². The highest BCUT2D eigenvalue weighted by molar-refractivity contribution is 5.74. The van der Waals surface area contributed by atoms with Crippen molar-refractivity contribution in [2.75, 3.05) is 5.32 Å². The fourth-order valence-corrected chi connectivity index (χ4v) is 1.72. The fraction of sp³-hybridized carbons (Fsp3) is 0.0833. The van der Waals surface area contributed by atoms with Gasteiger partial charge in [0.2, 0.25) is 0 Å². The Bertz CT molecular complexity index is 617. The Kier molecular flexibility index (Phi) is 1.77. The number of aryl methyl sites for hydroxylation is 1. The molecule has 0 fully saturated rings. The van der Waals surface area contributed by atoms with Crippen LogP contribution in [0.15, 0.2) is 41.3 Å². The van der Waals surface area contributed by atoms with Crippen LogP contribution >= 0.6 is 0 Å². The zero-order valence-corrected chi connectivity index (χ0v) is 8.73. The summed E-state index contributed by atoms with van der Waals surface area (Å²) in [7, 11) is 1.71. The van der Waals surface area contributed by atoms with E-state index in [1.54, 1.807) is 19.3 Å². The largest absolute Gasteiger partial charge is 0.453 e. The molecule has 1 aliphatic heterocycles. The van der Waals surface area contributed by atoms with Gasteiger partial charge >= 0.3 is 0 Å². The number of fused-ring (bicyclic) bond motifs is 2. The van der Waals surface area contributed by atoms with Crippen molar-refractivity contribution in [2.24, 2.45) is 7.05 Å². The molecule has 0 saturated heterocycles. The molecule has 0 spiro atoms. The smallest absolute Gasteiger partial charge is 0.277 e. The second kappa shape index (κ2) is 3.13. The van der Waals surface area contributed by atoms with Gasteiger partial charge in [-0.1, -0.05) is 12.1 Å². The van der Waals surface area contributed by atoms with E-state index in [4.69, 9.17) is 4.74 Å². The minimum atomic E-state index is -0.0907. The SMILES string of the molecule is Cn1ccc2c(c1=O)Nc1ccccc1O2. The van der Waals surface area contributed by atoms with Crippen molar-refractivity contribution in [3.63, 3.8) is 0 Å². The summed E-state index contributed by atoms with van der Waals surface area (Å²) in [5, 5.41) is 3.09. The van der Waals surface area contributed by atoms with Crippen molar-refractivity contribution in [3.8, 4) is 11.5 Å². The molecule has 1 N–H and O–H groups in total. The van der Waals surface area contributed by atoms with E-state index in [2.05, 4.69) is 5.32 Å². The van der Waals surface area contributed by atoms with Crippen LogP contribution < -0.4 is 15.6 Å². The van der Waals surface area contributed by atoms with Crippen LogP contribution in [-0.4, -0.2) is 4.57 Å². The summed E-state index contributed by atoms with van der Waals surface area (Å²) >= 11 is 0. The van der Waals surface area contributed by atoms with Gasteiger partial charge in [-0.15, -0.1) is 0 Å². The quantitative estimate of drug-likeness (QED) is 0.624. The average molecular weight is 214 g/mol. The number of aromatic nitrogens is 1. The van der Waals surface area contributed by atoms with Gasteiger partial charge in [-0.2, -0.15) is 0 Å². The van der Waals surface area contributed by atoms with Crippen LogP contribution in [0.3, 0.4) is 0 Å². The van der Waals surface area contributed by atoms with Gasteiger partial charge in [-0.05, 0) is 18.2 Å². The lowest BCUT2D eigenvalue weighted by Gasteiger charge is -2.21.